The predicted molar refractivity (Wildman–Crippen MR) is 79.6 cm³/mol. The number of thiazole rings is 1. The van der Waals surface area contributed by atoms with Crippen LogP contribution in [0.1, 0.15) is 16.4 Å². The number of halogens is 3. The lowest BCUT2D eigenvalue weighted by Crippen LogP contribution is -2.36. The van der Waals surface area contributed by atoms with E-state index in [1.54, 1.807) is 7.05 Å². The average Bonchev–Trinajstić information content (AvgIpc) is 3.08. The summed E-state index contributed by atoms with van der Waals surface area (Å²) in [6, 6.07) is 3.90. The second kappa shape index (κ2) is 6.82. The van der Waals surface area contributed by atoms with Gasteiger partial charge in [0.15, 0.2) is 11.7 Å². The van der Waals surface area contributed by atoms with Crippen LogP contribution in [0.15, 0.2) is 28.7 Å². The molecule has 0 aliphatic rings. The number of aliphatic imine (C=N–C) groups is 1. The normalized spacial score (nSPS) is 12.5. The number of rotatable bonds is 4. The molecule has 5 nitrogen and oxygen atoms in total. The van der Waals surface area contributed by atoms with E-state index in [0.29, 0.717) is 17.5 Å². The van der Waals surface area contributed by atoms with Crippen LogP contribution in [0.2, 0.25) is 0 Å². The van der Waals surface area contributed by atoms with Crippen molar-refractivity contribution in [3.05, 3.63) is 40.1 Å². The Morgan fingerprint density at radius 2 is 2.09 bits per heavy atom. The van der Waals surface area contributed by atoms with Crippen molar-refractivity contribution in [2.75, 3.05) is 7.05 Å². The molecule has 0 saturated carbocycles. The van der Waals surface area contributed by atoms with Crippen molar-refractivity contribution in [3.8, 4) is 0 Å². The van der Waals surface area contributed by atoms with E-state index >= 15 is 0 Å². The minimum Gasteiger partial charge on any atom is -0.353 e. The molecular weight excluding hydrogens is 315 g/mol. The Bertz CT molecular complexity index is 644. The Kier molecular flexibility index (Phi) is 5.07. The zero-order valence-corrected chi connectivity index (χ0v) is 12.9. The monoisotopic (exact) mass is 331 g/mol. The number of hydrogen-bond acceptors (Lipinski definition) is 3. The first kappa shape index (κ1) is 16.3. The summed E-state index contributed by atoms with van der Waals surface area (Å²) in [5.41, 5.74) is 0.206. The standard InChI is InChI=1S/C13H16F3N5S/c1-17-12(18-6-9-4-3-5-21(9)2)19-7-11-20-10(8-22-11)13(14,15)16/h3-5,8H,6-7H2,1-2H3,(H2,17,18,19). The molecule has 2 N–H and O–H groups in total. The van der Waals surface area contributed by atoms with E-state index in [4.69, 9.17) is 0 Å². The van der Waals surface area contributed by atoms with Gasteiger partial charge in [-0.2, -0.15) is 13.2 Å². The number of aromatic nitrogens is 2. The largest absolute Gasteiger partial charge is 0.434 e. The van der Waals surface area contributed by atoms with Crippen molar-refractivity contribution in [1.29, 1.82) is 0 Å². The first-order valence-corrected chi connectivity index (χ1v) is 7.34. The fraction of sp³-hybridized carbons (Fsp3) is 0.385. The maximum absolute atomic E-state index is 12.5. The molecule has 2 aromatic heterocycles. The van der Waals surface area contributed by atoms with Crippen molar-refractivity contribution in [3.63, 3.8) is 0 Å². The van der Waals surface area contributed by atoms with Crippen LogP contribution >= 0.6 is 11.3 Å². The second-order valence-electron chi connectivity index (χ2n) is 4.51. The van der Waals surface area contributed by atoms with Crippen LogP contribution in [0.4, 0.5) is 13.2 Å². The first-order chi connectivity index (χ1) is 10.4. The lowest BCUT2D eigenvalue weighted by atomic mass is 10.4. The van der Waals surface area contributed by atoms with Gasteiger partial charge in [-0.25, -0.2) is 4.98 Å². The third kappa shape index (κ3) is 4.23. The van der Waals surface area contributed by atoms with Gasteiger partial charge in [0.2, 0.25) is 0 Å². The lowest BCUT2D eigenvalue weighted by Gasteiger charge is -2.11. The molecule has 0 aliphatic heterocycles. The molecule has 0 amide bonds. The Morgan fingerprint density at radius 3 is 2.64 bits per heavy atom. The molecule has 0 saturated heterocycles. The molecule has 0 spiro atoms. The Hall–Kier alpha value is -2.03. The molecule has 9 heteroatoms. The third-order valence-electron chi connectivity index (χ3n) is 2.96. The summed E-state index contributed by atoms with van der Waals surface area (Å²) in [6.45, 7) is 0.752. The molecule has 0 bridgehead atoms. The van der Waals surface area contributed by atoms with Crippen LogP contribution < -0.4 is 10.6 Å². The van der Waals surface area contributed by atoms with Gasteiger partial charge in [-0.1, -0.05) is 0 Å². The summed E-state index contributed by atoms with van der Waals surface area (Å²) in [6.07, 6.45) is -2.47. The lowest BCUT2D eigenvalue weighted by molar-refractivity contribution is -0.140. The van der Waals surface area contributed by atoms with Crippen LogP contribution in [0.25, 0.3) is 0 Å². The highest BCUT2D eigenvalue weighted by molar-refractivity contribution is 7.09. The molecule has 120 valence electrons. The number of hydrogen-bond donors (Lipinski definition) is 2. The van der Waals surface area contributed by atoms with E-state index in [9.17, 15) is 13.2 Å². The molecule has 2 aromatic rings. The van der Waals surface area contributed by atoms with Crippen LogP contribution in [0.3, 0.4) is 0 Å². The molecule has 0 atom stereocenters. The van der Waals surface area contributed by atoms with E-state index in [1.165, 1.54) is 0 Å². The Balaban J connectivity index is 1.86. The number of alkyl halides is 3. The first-order valence-electron chi connectivity index (χ1n) is 6.46. The second-order valence-corrected chi connectivity index (χ2v) is 5.46. The van der Waals surface area contributed by atoms with Gasteiger partial charge in [0, 0.05) is 31.4 Å². The van der Waals surface area contributed by atoms with Crippen molar-refractivity contribution < 1.29 is 13.2 Å². The Labute approximate surface area is 129 Å². The van der Waals surface area contributed by atoms with Crippen LogP contribution in [-0.2, 0) is 26.3 Å². The Morgan fingerprint density at radius 1 is 1.36 bits per heavy atom. The zero-order valence-electron chi connectivity index (χ0n) is 12.1. The summed E-state index contributed by atoms with van der Waals surface area (Å²) in [5.74, 6) is 0.505. The van der Waals surface area contributed by atoms with Gasteiger partial charge in [-0.3, -0.25) is 4.99 Å². The number of guanidine groups is 1. The molecular formula is C13H16F3N5S. The fourth-order valence-corrected chi connectivity index (χ4v) is 2.50. The summed E-state index contributed by atoms with van der Waals surface area (Å²) >= 11 is 0.967. The molecule has 22 heavy (non-hydrogen) atoms. The molecule has 0 aromatic carbocycles. The minimum absolute atomic E-state index is 0.188. The summed E-state index contributed by atoms with van der Waals surface area (Å²) < 4.78 is 39.4. The minimum atomic E-state index is -4.40. The highest BCUT2D eigenvalue weighted by atomic mass is 32.1. The van der Waals surface area contributed by atoms with Gasteiger partial charge < -0.3 is 15.2 Å². The third-order valence-corrected chi connectivity index (χ3v) is 3.81. The van der Waals surface area contributed by atoms with E-state index in [-0.39, 0.29) is 6.54 Å². The quantitative estimate of drug-likeness (QED) is 0.668. The van der Waals surface area contributed by atoms with Gasteiger partial charge >= 0.3 is 6.18 Å². The average molecular weight is 331 g/mol. The fourth-order valence-electron chi connectivity index (χ4n) is 1.76. The summed E-state index contributed by atoms with van der Waals surface area (Å²) in [4.78, 5) is 7.58. The topological polar surface area (TPSA) is 54.2 Å². The molecule has 2 rings (SSSR count). The van der Waals surface area contributed by atoms with Gasteiger partial charge in [-0.05, 0) is 12.1 Å². The zero-order chi connectivity index (χ0) is 16.2. The van der Waals surface area contributed by atoms with Gasteiger partial charge in [0.1, 0.15) is 5.01 Å². The number of nitrogens with zero attached hydrogens (tertiary/aromatic N) is 3. The molecule has 0 aliphatic carbocycles. The predicted octanol–water partition coefficient (Wildman–Crippen LogP) is 2.37. The van der Waals surface area contributed by atoms with Crippen LogP contribution in [-0.4, -0.2) is 22.6 Å². The maximum atomic E-state index is 12.5. The smallest absolute Gasteiger partial charge is 0.353 e. The molecule has 0 unspecified atom stereocenters. The van der Waals surface area contributed by atoms with Gasteiger partial charge in [0.05, 0.1) is 13.1 Å². The number of nitrogens with one attached hydrogen (secondary N) is 2. The van der Waals surface area contributed by atoms with Crippen LogP contribution in [0.5, 0.6) is 0 Å². The van der Waals surface area contributed by atoms with Crippen molar-refractivity contribution in [2.24, 2.45) is 12.0 Å². The highest BCUT2D eigenvalue weighted by Crippen LogP contribution is 2.29. The van der Waals surface area contributed by atoms with E-state index < -0.39 is 11.9 Å². The molecule has 0 radical (unpaired) electrons. The van der Waals surface area contributed by atoms with Crippen molar-refractivity contribution in [1.82, 2.24) is 20.2 Å². The maximum Gasteiger partial charge on any atom is 0.434 e. The van der Waals surface area contributed by atoms with Crippen molar-refractivity contribution in [2.45, 2.75) is 19.3 Å². The van der Waals surface area contributed by atoms with Gasteiger partial charge in [-0.15, -0.1) is 11.3 Å². The van der Waals surface area contributed by atoms with E-state index in [1.807, 2.05) is 29.9 Å². The van der Waals surface area contributed by atoms with E-state index in [2.05, 4.69) is 20.6 Å². The van der Waals surface area contributed by atoms with Gasteiger partial charge in [0.25, 0.3) is 0 Å². The number of aryl methyl sites for hydroxylation is 1. The van der Waals surface area contributed by atoms with Crippen LogP contribution in [0, 0.1) is 0 Å². The van der Waals surface area contributed by atoms with Crippen molar-refractivity contribution >= 4 is 17.3 Å². The highest BCUT2D eigenvalue weighted by Gasteiger charge is 2.33. The van der Waals surface area contributed by atoms with E-state index in [0.717, 1.165) is 22.4 Å². The summed E-state index contributed by atoms with van der Waals surface area (Å²) in [5, 5.41) is 7.40. The summed E-state index contributed by atoms with van der Waals surface area (Å²) in [7, 11) is 3.53. The SMILES string of the molecule is CN=C(NCc1nc(C(F)(F)F)cs1)NCc1cccn1C. The molecule has 2 heterocycles. The molecule has 0 fully saturated rings.